The Bertz CT molecular complexity index is 374. The molecule has 0 rings (SSSR count). The van der Waals surface area contributed by atoms with Crippen molar-refractivity contribution in [2.24, 2.45) is 0 Å². The van der Waals surface area contributed by atoms with Crippen molar-refractivity contribution in [1.82, 2.24) is 0 Å². The van der Waals surface area contributed by atoms with Gasteiger partial charge >= 0.3 is 0 Å². The Balaban J connectivity index is 5.28. The minimum Gasteiger partial charge on any atom is -0.227 e. The second-order valence-electron chi connectivity index (χ2n) is 5.57. The zero-order chi connectivity index (χ0) is 12.7. The monoisotopic (exact) mass is 256 g/mol. The Morgan fingerprint density at radius 2 is 0.867 bits per heavy atom. The Hall–Kier alpha value is -0.100. The predicted octanol–water partition coefficient (Wildman–Crippen LogP) is 1.37. The molecule has 0 aromatic heterocycles. The van der Waals surface area contributed by atoms with Gasteiger partial charge in [-0.1, -0.05) is 0 Å². The van der Waals surface area contributed by atoms with Gasteiger partial charge in [-0.2, -0.15) is 0 Å². The molecule has 0 aliphatic carbocycles. The highest BCUT2D eigenvalue weighted by Gasteiger charge is 2.39. The molecule has 15 heavy (non-hydrogen) atoms. The first-order chi connectivity index (χ1) is 6.21. The molecule has 0 saturated heterocycles. The van der Waals surface area contributed by atoms with Crippen LogP contribution in [-0.4, -0.2) is 31.4 Å². The smallest absolute Gasteiger partial charge is 0.169 e. The minimum atomic E-state index is -3.63. The van der Waals surface area contributed by atoms with E-state index in [-0.39, 0.29) is 0 Å². The van der Waals surface area contributed by atoms with Crippen LogP contribution in [0, 0.1) is 0 Å². The number of hydrogen-bond acceptors (Lipinski definition) is 4. The maximum absolute atomic E-state index is 11.7. The Morgan fingerprint density at radius 1 is 0.667 bits per heavy atom. The lowest BCUT2D eigenvalue weighted by atomic mass is 10.3. The largest absolute Gasteiger partial charge is 0.227 e. The third-order valence-electron chi connectivity index (χ3n) is 2.18. The summed E-state index contributed by atoms with van der Waals surface area (Å²) in [5, 5.41) is -0.785. The molecule has 0 saturated carbocycles. The minimum absolute atomic E-state index is 0.785. The summed E-state index contributed by atoms with van der Waals surface area (Å²) in [5.41, 5.74) is 0. The van der Waals surface area contributed by atoms with Crippen LogP contribution in [0.25, 0.3) is 0 Å². The summed E-state index contributed by atoms with van der Waals surface area (Å²) in [6.07, 6.45) is 0. The van der Waals surface area contributed by atoms with Crippen LogP contribution < -0.4 is 0 Å². The molecule has 0 fully saturated rings. The summed E-state index contributed by atoms with van der Waals surface area (Å²) in [7, 11) is -7.25. The van der Waals surface area contributed by atoms with Crippen LogP contribution in [0.3, 0.4) is 0 Å². The molecule has 0 amide bonds. The molecule has 4 nitrogen and oxygen atoms in total. The summed E-state index contributed by atoms with van der Waals surface area (Å²) in [6, 6.07) is 0. The SMILES string of the molecule is CC(C)(C)S(=O)(=O)CS(=O)(=O)C(C)(C)C. The highest BCUT2D eigenvalue weighted by atomic mass is 32.3. The molecule has 0 aromatic rings. The molecular weight excluding hydrogens is 236 g/mol. The highest BCUT2D eigenvalue weighted by molar-refractivity contribution is 8.09. The van der Waals surface area contributed by atoms with Crippen molar-refractivity contribution in [3.05, 3.63) is 0 Å². The van der Waals surface area contributed by atoms with Crippen molar-refractivity contribution in [3.63, 3.8) is 0 Å². The van der Waals surface area contributed by atoms with E-state index in [0.29, 0.717) is 0 Å². The second kappa shape index (κ2) is 3.73. The van der Waals surface area contributed by atoms with Gasteiger partial charge in [-0.25, -0.2) is 16.8 Å². The van der Waals surface area contributed by atoms with E-state index in [1.807, 2.05) is 0 Å². The van der Waals surface area contributed by atoms with E-state index in [2.05, 4.69) is 0 Å². The summed E-state index contributed by atoms with van der Waals surface area (Å²) < 4.78 is 44.9. The molecule has 0 bridgehead atoms. The molecule has 0 radical (unpaired) electrons. The van der Waals surface area contributed by atoms with Gasteiger partial charge in [0.1, 0.15) is 0 Å². The van der Waals surface area contributed by atoms with Gasteiger partial charge in [0.15, 0.2) is 24.8 Å². The van der Waals surface area contributed by atoms with Crippen molar-refractivity contribution in [1.29, 1.82) is 0 Å². The first kappa shape index (κ1) is 14.9. The number of sulfone groups is 2. The van der Waals surface area contributed by atoms with Crippen LogP contribution in [0.5, 0.6) is 0 Å². The fourth-order valence-electron chi connectivity index (χ4n) is 0.558. The van der Waals surface area contributed by atoms with E-state index < -0.39 is 34.3 Å². The van der Waals surface area contributed by atoms with Gasteiger partial charge in [0.25, 0.3) is 0 Å². The lowest BCUT2D eigenvalue weighted by molar-refractivity contribution is 0.550. The molecular formula is C9H20O4S2. The summed E-state index contributed by atoms with van der Waals surface area (Å²) in [4.78, 5) is 0. The topological polar surface area (TPSA) is 68.3 Å². The Labute approximate surface area is 92.9 Å². The van der Waals surface area contributed by atoms with Gasteiger partial charge in [0.2, 0.25) is 0 Å². The molecule has 0 atom stereocenters. The summed E-state index contributed by atoms with van der Waals surface area (Å²) >= 11 is 0. The molecule has 92 valence electrons. The summed E-state index contributed by atoms with van der Waals surface area (Å²) in [6.45, 7) is 9.00. The maximum Gasteiger partial charge on any atom is 0.169 e. The highest BCUT2D eigenvalue weighted by Crippen LogP contribution is 2.23. The van der Waals surface area contributed by atoms with Gasteiger partial charge in [-0.05, 0) is 41.5 Å². The third kappa shape index (κ3) is 3.45. The maximum atomic E-state index is 11.7. The van der Waals surface area contributed by atoms with Crippen molar-refractivity contribution in [3.8, 4) is 0 Å². The van der Waals surface area contributed by atoms with E-state index in [1.54, 1.807) is 0 Å². The van der Waals surface area contributed by atoms with Gasteiger partial charge in [-0.15, -0.1) is 0 Å². The number of hydrogen-bond donors (Lipinski definition) is 0. The normalized spacial score (nSPS) is 15.3. The number of rotatable bonds is 2. The molecule has 6 heteroatoms. The van der Waals surface area contributed by atoms with Gasteiger partial charge in [0, 0.05) is 0 Å². The molecule has 0 spiro atoms. The van der Waals surface area contributed by atoms with Crippen LogP contribution in [0.1, 0.15) is 41.5 Å². The van der Waals surface area contributed by atoms with Gasteiger partial charge in [0.05, 0.1) is 9.49 Å². The van der Waals surface area contributed by atoms with Crippen LogP contribution >= 0.6 is 0 Å². The second-order valence-corrected chi connectivity index (χ2v) is 11.4. The Kier molecular flexibility index (Phi) is 3.71. The molecule has 0 N–H and O–H groups in total. The van der Waals surface area contributed by atoms with Gasteiger partial charge < -0.3 is 0 Å². The molecule has 0 unspecified atom stereocenters. The van der Waals surface area contributed by atoms with E-state index in [4.69, 9.17) is 0 Å². The predicted molar refractivity (Wildman–Crippen MR) is 62.2 cm³/mol. The van der Waals surface area contributed by atoms with Crippen LogP contribution in [0.15, 0.2) is 0 Å². The third-order valence-corrected chi connectivity index (χ3v) is 8.39. The zero-order valence-corrected chi connectivity index (χ0v) is 11.8. The van der Waals surface area contributed by atoms with Crippen molar-refractivity contribution in [2.45, 2.75) is 51.0 Å². The van der Waals surface area contributed by atoms with E-state index >= 15 is 0 Å². The van der Waals surface area contributed by atoms with E-state index in [0.717, 1.165) is 0 Å². The van der Waals surface area contributed by atoms with Crippen molar-refractivity contribution in [2.75, 3.05) is 5.08 Å². The zero-order valence-electron chi connectivity index (χ0n) is 10.2. The average Bonchev–Trinajstić information content (AvgIpc) is 1.77. The fourth-order valence-corrected chi connectivity index (χ4v) is 5.02. The van der Waals surface area contributed by atoms with E-state index in [9.17, 15) is 16.8 Å². The van der Waals surface area contributed by atoms with Crippen LogP contribution in [0.2, 0.25) is 0 Å². The first-order valence-corrected chi connectivity index (χ1v) is 7.96. The van der Waals surface area contributed by atoms with Crippen LogP contribution in [0.4, 0.5) is 0 Å². The lowest BCUT2D eigenvalue weighted by Gasteiger charge is -2.24. The molecule has 0 aliphatic heterocycles. The standard InChI is InChI=1S/C9H20O4S2/c1-8(2,3)14(10,11)7-15(12,13)9(4,5)6/h7H2,1-6H3. The van der Waals surface area contributed by atoms with Crippen molar-refractivity contribution < 1.29 is 16.8 Å². The fraction of sp³-hybridized carbons (Fsp3) is 1.00. The quantitative estimate of drug-likeness (QED) is 0.748. The van der Waals surface area contributed by atoms with Crippen molar-refractivity contribution >= 4 is 19.7 Å². The first-order valence-electron chi connectivity index (χ1n) is 4.65. The van der Waals surface area contributed by atoms with Gasteiger partial charge in [-0.3, -0.25) is 0 Å². The summed E-state index contributed by atoms with van der Waals surface area (Å²) in [5.74, 6) is 0. The molecule has 0 aromatic carbocycles. The van der Waals surface area contributed by atoms with Crippen LogP contribution in [-0.2, 0) is 19.7 Å². The molecule has 0 aliphatic rings. The Morgan fingerprint density at radius 3 is 1.00 bits per heavy atom. The molecule has 0 heterocycles. The lowest BCUT2D eigenvalue weighted by Crippen LogP contribution is -2.39. The average molecular weight is 256 g/mol. The van der Waals surface area contributed by atoms with E-state index in [1.165, 1.54) is 41.5 Å².